The fourth-order valence-electron chi connectivity index (χ4n) is 5.15. The molecule has 1 aromatic carbocycles. The van der Waals surface area contributed by atoms with Crippen LogP contribution in [-0.2, 0) is 19.4 Å². The lowest BCUT2D eigenvalue weighted by Crippen LogP contribution is -2.35. The molecule has 2 aliphatic rings. The highest BCUT2D eigenvalue weighted by atomic mass is 32.1. The van der Waals surface area contributed by atoms with E-state index in [9.17, 15) is 0 Å². The molecule has 1 saturated heterocycles. The molecule has 0 radical (unpaired) electrons. The van der Waals surface area contributed by atoms with E-state index in [2.05, 4.69) is 62.6 Å². The SMILES string of the molecule is CCN1CCc2c(sc3c2c(N2CCC(Cc4ccccc4)CC2)nc2nnnn23)C1. The quantitative estimate of drug-likeness (QED) is 0.490. The first-order valence-corrected chi connectivity index (χ1v) is 12.2. The Morgan fingerprint density at radius 2 is 1.94 bits per heavy atom. The second kappa shape index (κ2) is 7.84. The number of fused-ring (bicyclic) bond motifs is 5. The van der Waals surface area contributed by atoms with E-state index in [4.69, 9.17) is 4.98 Å². The van der Waals surface area contributed by atoms with Gasteiger partial charge in [-0.25, -0.2) is 0 Å². The van der Waals surface area contributed by atoms with Crippen molar-refractivity contribution < 1.29 is 0 Å². The molecule has 2 aliphatic heterocycles. The predicted molar refractivity (Wildman–Crippen MR) is 124 cm³/mol. The Kier molecular flexibility index (Phi) is 4.84. The van der Waals surface area contributed by atoms with Crippen molar-refractivity contribution in [2.24, 2.45) is 5.92 Å². The highest BCUT2D eigenvalue weighted by Gasteiger charge is 2.29. The molecule has 0 unspecified atom stereocenters. The maximum Gasteiger partial charge on any atom is 0.276 e. The van der Waals surface area contributed by atoms with Crippen LogP contribution in [0.5, 0.6) is 0 Å². The van der Waals surface area contributed by atoms with E-state index in [1.54, 1.807) is 0 Å². The van der Waals surface area contributed by atoms with Crippen molar-refractivity contribution in [2.75, 3.05) is 31.1 Å². The molecule has 0 aliphatic carbocycles. The van der Waals surface area contributed by atoms with Gasteiger partial charge in [0.05, 0.1) is 5.39 Å². The van der Waals surface area contributed by atoms with E-state index in [0.29, 0.717) is 5.78 Å². The second-order valence-electron chi connectivity index (χ2n) is 8.75. The summed E-state index contributed by atoms with van der Waals surface area (Å²) in [7, 11) is 0. The molecule has 0 atom stereocenters. The third-order valence-corrected chi connectivity index (χ3v) is 8.11. The fraction of sp³-hybridized carbons (Fsp3) is 0.478. The van der Waals surface area contributed by atoms with Crippen LogP contribution in [0.3, 0.4) is 0 Å². The molecule has 4 aromatic rings. The van der Waals surface area contributed by atoms with E-state index in [-0.39, 0.29) is 0 Å². The number of thiophene rings is 1. The van der Waals surface area contributed by atoms with Crippen molar-refractivity contribution in [1.82, 2.24) is 29.9 Å². The Morgan fingerprint density at radius 1 is 1.10 bits per heavy atom. The van der Waals surface area contributed by atoms with Crippen molar-refractivity contribution in [2.45, 2.75) is 39.2 Å². The Hall–Kier alpha value is -2.58. The van der Waals surface area contributed by atoms with Gasteiger partial charge in [0.2, 0.25) is 0 Å². The van der Waals surface area contributed by atoms with Gasteiger partial charge in [-0.15, -0.1) is 11.3 Å². The molecule has 1 fully saturated rings. The molecular weight excluding hydrogens is 406 g/mol. The Balaban J connectivity index is 1.33. The zero-order chi connectivity index (χ0) is 20.8. The van der Waals surface area contributed by atoms with Crippen molar-refractivity contribution in [3.8, 4) is 0 Å². The average Bonchev–Trinajstić information content (AvgIpc) is 3.43. The van der Waals surface area contributed by atoms with Crippen molar-refractivity contribution >= 4 is 33.1 Å². The number of anilines is 1. The zero-order valence-corrected chi connectivity index (χ0v) is 18.7. The van der Waals surface area contributed by atoms with Crippen LogP contribution in [-0.4, -0.2) is 56.1 Å². The van der Waals surface area contributed by atoms with Crippen molar-refractivity contribution in [3.63, 3.8) is 0 Å². The van der Waals surface area contributed by atoms with Crippen LogP contribution < -0.4 is 4.90 Å². The minimum absolute atomic E-state index is 0.611. The van der Waals surface area contributed by atoms with Crippen LogP contribution in [0.2, 0.25) is 0 Å². The van der Waals surface area contributed by atoms with Crippen LogP contribution >= 0.6 is 11.3 Å². The third kappa shape index (κ3) is 3.38. The van der Waals surface area contributed by atoms with Gasteiger partial charge in [0.15, 0.2) is 0 Å². The monoisotopic (exact) mass is 433 g/mol. The molecule has 7 nitrogen and oxygen atoms in total. The minimum Gasteiger partial charge on any atom is -0.356 e. The van der Waals surface area contributed by atoms with E-state index >= 15 is 0 Å². The molecule has 160 valence electrons. The number of nitrogens with zero attached hydrogens (tertiary/aromatic N) is 7. The van der Waals surface area contributed by atoms with Crippen LogP contribution in [0.4, 0.5) is 5.82 Å². The van der Waals surface area contributed by atoms with E-state index in [1.165, 1.54) is 40.7 Å². The molecule has 8 heteroatoms. The Labute approximate surface area is 185 Å². The van der Waals surface area contributed by atoms with Gasteiger partial charge in [-0.1, -0.05) is 42.4 Å². The summed E-state index contributed by atoms with van der Waals surface area (Å²) in [4.78, 5) is 12.6. The second-order valence-corrected chi connectivity index (χ2v) is 9.83. The van der Waals surface area contributed by atoms with Gasteiger partial charge in [0, 0.05) is 31.1 Å². The summed E-state index contributed by atoms with van der Waals surface area (Å²) in [5.41, 5.74) is 2.92. The predicted octanol–water partition coefficient (Wildman–Crippen LogP) is 3.57. The van der Waals surface area contributed by atoms with E-state index in [1.807, 2.05) is 15.9 Å². The lowest BCUT2D eigenvalue weighted by Gasteiger charge is -2.33. The van der Waals surface area contributed by atoms with E-state index < -0.39 is 0 Å². The number of hydrogen-bond donors (Lipinski definition) is 0. The number of tetrazole rings is 1. The topological polar surface area (TPSA) is 62.5 Å². The van der Waals surface area contributed by atoms with Gasteiger partial charge in [-0.3, -0.25) is 4.90 Å². The molecular formula is C23H27N7S. The van der Waals surface area contributed by atoms with Gasteiger partial charge < -0.3 is 4.90 Å². The maximum atomic E-state index is 4.96. The standard InChI is InChI=1S/C23H27N7S/c1-2-28-11-10-18-19(15-28)31-22-20(18)21(24-23-25-26-27-30(22)23)29-12-8-17(9-13-29)14-16-6-4-3-5-7-16/h3-7,17H,2,8-15H2,1H3. The number of hydrogen-bond acceptors (Lipinski definition) is 7. The van der Waals surface area contributed by atoms with Gasteiger partial charge in [0.25, 0.3) is 5.78 Å². The lowest BCUT2D eigenvalue weighted by molar-refractivity contribution is 0.272. The molecule has 0 amide bonds. The number of benzene rings is 1. The highest BCUT2D eigenvalue weighted by Crippen LogP contribution is 2.40. The fourth-order valence-corrected chi connectivity index (χ4v) is 6.48. The third-order valence-electron chi connectivity index (χ3n) is 6.92. The summed E-state index contributed by atoms with van der Waals surface area (Å²) < 4.78 is 1.83. The summed E-state index contributed by atoms with van der Waals surface area (Å²) >= 11 is 1.85. The highest BCUT2D eigenvalue weighted by molar-refractivity contribution is 7.19. The van der Waals surface area contributed by atoms with E-state index in [0.717, 1.165) is 55.7 Å². The normalized spacial score (nSPS) is 18.2. The molecule has 0 N–H and O–H groups in total. The summed E-state index contributed by atoms with van der Waals surface area (Å²) in [6.45, 7) is 7.56. The van der Waals surface area contributed by atoms with Crippen LogP contribution in [0.1, 0.15) is 35.8 Å². The van der Waals surface area contributed by atoms with Crippen LogP contribution in [0, 0.1) is 5.92 Å². The number of rotatable bonds is 4. The van der Waals surface area contributed by atoms with Gasteiger partial charge in [-0.2, -0.15) is 9.50 Å². The van der Waals surface area contributed by atoms with Crippen LogP contribution in [0.15, 0.2) is 30.3 Å². The first kappa shape index (κ1) is 19.1. The average molecular weight is 434 g/mol. The van der Waals surface area contributed by atoms with Crippen molar-refractivity contribution in [1.29, 1.82) is 0 Å². The summed E-state index contributed by atoms with van der Waals surface area (Å²) in [5, 5.41) is 13.6. The smallest absolute Gasteiger partial charge is 0.276 e. The molecule has 5 heterocycles. The van der Waals surface area contributed by atoms with Gasteiger partial charge >= 0.3 is 0 Å². The molecule has 0 saturated carbocycles. The first-order chi connectivity index (χ1) is 15.3. The van der Waals surface area contributed by atoms with Gasteiger partial charge in [0.1, 0.15) is 10.6 Å². The zero-order valence-electron chi connectivity index (χ0n) is 17.9. The van der Waals surface area contributed by atoms with Gasteiger partial charge in [-0.05, 0) is 59.7 Å². The summed E-state index contributed by atoms with van der Waals surface area (Å²) in [6.07, 6.45) is 4.65. The number of piperidine rings is 1. The maximum absolute atomic E-state index is 4.96. The lowest BCUT2D eigenvalue weighted by atomic mass is 9.90. The molecule has 0 bridgehead atoms. The largest absolute Gasteiger partial charge is 0.356 e. The number of likely N-dealkylation sites (N-methyl/N-ethyl adjacent to an activating group) is 1. The summed E-state index contributed by atoms with van der Waals surface area (Å²) in [5.74, 6) is 2.44. The number of aromatic nitrogens is 5. The molecule has 0 spiro atoms. The molecule has 3 aromatic heterocycles. The molecule has 31 heavy (non-hydrogen) atoms. The Bertz CT molecular complexity index is 1210. The minimum atomic E-state index is 0.611. The Morgan fingerprint density at radius 3 is 2.74 bits per heavy atom. The molecule has 6 rings (SSSR count). The summed E-state index contributed by atoms with van der Waals surface area (Å²) in [6, 6.07) is 10.9. The first-order valence-electron chi connectivity index (χ1n) is 11.3. The van der Waals surface area contributed by atoms with Crippen molar-refractivity contribution in [3.05, 3.63) is 46.3 Å². The van der Waals surface area contributed by atoms with Crippen LogP contribution in [0.25, 0.3) is 16.0 Å².